The topological polar surface area (TPSA) is 106 Å². The van der Waals surface area contributed by atoms with Gasteiger partial charge >= 0.3 is 5.97 Å². The summed E-state index contributed by atoms with van der Waals surface area (Å²) >= 11 is 0. The fourth-order valence-corrected chi connectivity index (χ4v) is 8.22. The van der Waals surface area contributed by atoms with Gasteiger partial charge in [0.2, 0.25) is 5.91 Å². The van der Waals surface area contributed by atoms with E-state index >= 15 is 0 Å². The number of carboxylic acid groups (broad SMARTS) is 1. The van der Waals surface area contributed by atoms with E-state index in [1.54, 1.807) is 19.6 Å². The van der Waals surface area contributed by atoms with Crippen LogP contribution >= 0.6 is 0 Å². The summed E-state index contributed by atoms with van der Waals surface area (Å²) in [4.78, 5) is 37.4. The highest BCUT2D eigenvalue weighted by atomic mass is 16.5. The second kappa shape index (κ2) is 11.4. The van der Waals surface area contributed by atoms with Crippen molar-refractivity contribution < 1.29 is 23.8 Å². The number of rotatable bonds is 9. The number of aryl methyl sites for hydroxylation is 1. The molecule has 2 bridgehead atoms. The molecular formula is C36H43N3O5. The maximum absolute atomic E-state index is 14.3. The van der Waals surface area contributed by atoms with Gasteiger partial charge in [0.25, 0.3) is 0 Å². The smallest absolute Gasteiger partial charge is 0.306 e. The molecule has 3 aromatic rings. The number of aromatic nitrogens is 2. The molecule has 5 fully saturated rings. The number of aliphatic carboxylic acids is 1. The summed E-state index contributed by atoms with van der Waals surface area (Å²) in [6.07, 6.45) is 14.6. The van der Waals surface area contributed by atoms with Crippen molar-refractivity contribution in [3.63, 3.8) is 0 Å². The quantitative estimate of drug-likeness (QED) is 0.273. The molecule has 8 heteroatoms. The molecule has 0 atom stereocenters. The van der Waals surface area contributed by atoms with E-state index in [0.717, 1.165) is 74.3 Å². The zero-order valence-corrected chi connectivity index (χ0v) is 25.9. The van der Waals surface area contributed by atoms with Gasteiger partial charge in [0.05, 0.1) is 13.0 Å². The number of carboxylic acids is 1. The van der Waals surface area contributed by atoms with Crippen molar-refractivity contribution in [2.45, 2.75) is 95.3 Å². The molecule has 0 aliphatic heterocycles. The number of pyridine rings is 1. The third-order valence-corrected chi connectivity index (χ3v) is 11.4. The first kappa shape index (κ1) is 29.1. The first-order valence-electron chi connectivity index (χ1n) is 16.4. The molecule has 8 nitrogen and oxygen atoms in total. The molecule has 8 rings (SSSR count). The standard InChI is InChI=1S/C36H43N3O5/c1-23-19-28(9-10-30(23)43-2)36-15-12-35(13-16-36,14-17-36)22-39(33(40)25-5-7-26(8-6-25)34(41)42)31-20-27(11-18-37-31)29-21-44-32(38-29)24-3-4-24/h9-11,18-21,24-26H,3-8,12-17,22H2,1-2H3,(H,41,42). The molecule has 5 saturated carbocycles. The number of benzene rings is 1. The van der Waals surface area contributed by atoms with E-state index in [4.69, 9.17) is 19.1 Å². The Bertz CT molecular complexity index is 1530. The number of anilines is 1. The van der Waals surface area contributed by atoms with Crippen molar-refractivity contribution in [3.8, 4) is 17.0 Å². The summed E-state index contributed by atoms with van der Waals surface area (Å²) in [5.41, 5.74) is 4.50. The Morgan fingerprint density at radius 3 is 2.32 bits per heavy atom. The fourth-order valence-electron chi connectivity index (χ4n) is 8.22. The minimum atomic E-state index is -0.751. The molecule has 5 aliphatic carbocycles. The lowest BCUT2D eigenvalue weighted by Gasteiger charge is -2.55. The third kappa shape index (κ3) is 5.41. The lowest BCUT2D eigenvalue weighted by molar-refractivity contribution is -0.144. The van der Waals surface area contributed by atoms with Gasteiger partial charge in [0, 0.05) is 30.1 Å². The normalized spacial score (nSPS) is 28.0. The van der Waals surface area contributed by atoms with Crippen molar-refractivity contribution in [2.75, 3.05) is 18.6 Å². The van der Waals surface area contributed by atoms with Gasteiger partial charge in [-0.05, 0) is 124 Å². The summed E-state index contributed by atoms with van der Waals surface area (Å²) in [5.74, 6) is 1.60. The highest BCUT2D eigenvalue weighted by Gasteiger charge is 2.51. The number of hydrogen-bond donors (Lipinski definition) is 1. The van der Waals surface area contributed by atoms with Crippen LogP contribution < -0.4 is 9.64 Å². The Morgan fingerprint density at radius 1 is 0.977 bits per heavy atom. The van der Waals surface area contributed by atoms with Crippen LogP contribution in [-0.4, -0.2) is 40.6 Å². The monoisotopic (exact) mass is 597 g/mol. The van der Waals surface area contributed by atoms with Crippen molar-refractivity contribution in [2.24, 2.45) is 17.3 Å². The van der Waals surface area contributed by atoms with Crippen molar-refractivity contribution in [3.05, 3.63) is 59.8 Å². The van der Waals surface area contributed by atoms with Gasteiger partial charge in [0.15, 0.2) is 5.89 Å². The average molecular weight is 598 g/mol. The number of oxazole rings is 1. The summed E-state index contributed by atoms with van der Waals surface area (Å²) in [7, 11) is 1.72. The van der Waals surface area contributed by atoms with Crippen LogP contribution in [0.3, 0.4) is 0 Å². The van der Waals surface area contributed by atoms with Gasteiger partial charge in [-0.15, -0.1) is 0 Å². The Hall–Kier alpha value is -3.68. The van der Waals surface area contributed by atoms with E-state index in [9.17, 15) is 14.7 Å². The second-order valence-corrected chi connectivity index (χ2v) is 14.0. The highest BCUT2D eigenvalue weighted by molar-refractivity contribution is 5.95. The summed E-state index contributed by atoms with van der Waals surface area (Å²) in [6, 6.07) is 10.6. The number of amides is 1. The number of carbonyl (C=O) groups excluding carboxylic acids is 1. The van der Waals surface area contributed by atoms with Crippen molar-refractivity contribution >= 4 is 17.7 Å². The largest absolute Gasteiger partial charge is 0.496 e. The van der Waals surface area contributed by atoms with Crippen molar-refractivity contribution in [1.82, 2.24) is 9.97 Å². The molecule has 1 N–H and O–H groups in total. The van der Waals surface area contributed by atoms with Gasteiger partial charge < -0.3 is 14.3 Å². The molecule has 2 heterocycles. The molecular weight excluding hydrogens is 554 g/mol. The van der Waals surface area contributed by atoms with Crippen LogP contribution in [0.1, 0.15) is 100.0 Å². The lowest BCUT2D eigenvalue weighted by Crippen LogP contribution is -2.52. The molecule has 2 aromatic heterocycles. The first-order chi connectivity index (χ1) is 21.3. The van der Waals surface area contributed by atoms with Crippen LogP contribution in [0.15, 0.2) is 47.2 Å². The van der Waals surface area contributed by atoms with Crippen LogP contribution in [0.25, 0.3) is 11.3 Å². The predicted octanol–water partition coefficient (Wildman–Crippen LogP) is 7.45. The second-order valence-electron chi connectivity index (χ2n) is 14.0. The average Bonchev–Trinajstić information content (AvgIpc) is 3.80. The van der Waals surface area contributed by atoms with Crippen LogP contribution in [-0.2, 0) is 15.0 Å². The Balaban J connectivity index is 1.14. The van der Waals surface area contributed by atoms with E-state index in [-0.39, 0.29) is 28.6 Å². The Morgan fingerprint density at radius 2 is 1.68 bits per heavy atom. The van der Waals surface area contributed by atoms with E-state index in [0.29, 0.717) is 44.0 Å². The molecule has 1 aromatic carbocycles. The number of carbonyl (C=O) groups is 2. The van der Waals surface area contributed by atoms with Gasteiger partial charge in [-0.1, -0.05) is 12.1 Å². The Labute approximate surface area is 259 Å². The molecule has 0 spiro atoms. The molecule has 0 saturated heterocycles. The minimum absolute atomic E-state index is 0.0436. The van der Waals surface area contributed by atoms with Crippen LogP contribution in [0.4, 0.5) is 5.82 Å². The molecule has 0 unspecified atom stereocenters. The molecule has 5 aliphatic rings. The first-order valence-corrected chi connectivity index (χ1v) is 16.4. The maximum Gasteiger partial charge on any atom is 0.306 e. The van der Waals surface area contributed by atoms with Crippen LogP contribution in [0, 0.1) is 24.2 Å². The zero-order valence-electron chi connectivity index (χ0n) is 25.9. The van der Waals surface area contributed by atoms with Crippen molar-refractivity contribution in [1.29, 1.82) is 0 Å². The number of ether oxygens (including phenoxy) is 1. The van der Waals surface area contributed by atoms with E-state index < -0.39 is 5.97 Å². The summed E-state index contributed by atoms with van der Waals surface area (Å²) in [5, 5.41) is 9.53. The Kier molecular flexibility index (Phi) is 7.50. The number of nitrogens with zero attached hydrogens (tertiary/aromatic N) is 3. The van der Waals surface area contributed by atoms with Gasteiger partial charge in [-0.25, -0.2) is 9.97 Å². The molecule has 0 radical (unpaired) electrons. The number of hydrogen-bond acceptors (Lipinski definition) is 6. The number of fused-ring (bicyclic) bond motifs is 3. The zero-order chi connectivity index (χ0) is 30.5. The highest BCUT2D eigenvalue weighted by Crippen LogP contribution is 2.58. The molecule has 44 heavy (non-hydrogen) atoms. The summed E-state index contributed by atoms with van der Waals surface area (Å²) in [6.45, 7) is 2.76. The maximum atomic E-state index is 14.3. The number of methoxy groups -OCH3 is 1. The van der Waals surface area contributed by atoms with Gasteiger partial charge in [-0.3, -0.25) is 14.5 Å². The van der Waals surface area contributed by atoms with Crippen LogP contribution in [0.5, 0.6) is 5.75 Å². The third-order valence-electron chi connectivity index (χ3n) is 11.4. The minimum Gasteiger partial charge on any atom is -0.496 e. The van der Waals surface area contributed by atoms with E-state index in [2.05, 4.69) is 25.1 Å². The predicted molar refractivity (Wildman–Crippen MR) is 167 cm³/mol. The van der Waals surface area contributed by atoms with Crippen LogP contribution in [0.2, 0.25) is 0 Å². The van der Waals surface area contributed by atoms with Gasteiger partial charge in [0.1, 0.15) is 23.5 Å². The molecule has 232 valence electrons. The SMILES string of the molecule is COc1ccc(C23CCC(CN(C(=O)C4CCC(C(=O)O)CC4)c4cc(-c5coc(C6CC6)n5)ccn4)(CC2)CC3)cc1C. The van der Waals surface area contributed by atoms with Gasteiger partial charge in [-0.2, -0.15) is 0 Å². The summed E-state index contributed by atoms with van der Waals surface area (Å²) < 4.78 is 11.3. The molecule has 1 amide bonds. The van der Waals surface area contributed by atoms with E-state index in [1.807, 2.05) is 17.0 Å². The van der Waals surface area contributed by atoms with E-state index in [1.165, 1.54) is 11.1 Å². The lowest BCUT2D eigenvalue weighted by atomic mass is 9.51. The fraction of sp³-hybridized carbons (Fsp3) is 0.556.